The molecule has 0 spiro atoms. The summed E-state index contributed by atoms with van der Waals surface area (Å²) < 4.78 is 73.4. The molecule has 4 fully saturated rings. The minimum atomic E-state index is -3.73. The van der Waals surface area contributed by atoms with E-state index in [-0.39, 0.29) is 36.3 Å². The van der Waals surface area contributed by atoms with Crippen LogP contribution in [-0.2, 0) is 52.3 Å². The number of carbonyl (C=O) groups is 2. The number of hydrogen-bond donors (Lipinski definition) is 1. The van der Waals surface area contributed by atoms with Gasteiger partial charge in [0.15, 0.2) is 12.6 Å². The molecular formula is C38H67NO13S. The van der Waals surface area contributed by atoms with Crippen molar-refractivity contribution in [2.75, 3.05) is 20.4 Å². The van der Waals surface area contributed by atoms with E-state index in [1.54, 1.807) is 20.8 Å². The van der Waals surface area contributed by atoms with Gasteiger partial charge in [0.1, 0.15) is 30.0 Å². The Balaban J connectivity index is 1.75. The highest BCUT2D eigenvalue weighted by molar-refractivity contribution is 7.86. The molecule has 4 aliphatic rings. The summed E-state index contributed by atoms with van der Waals surface area (Å²) in [6.07, 6.45) is -3.76. The molecule has 0 aromatic carbocycles. The van der Waals surface area contributed by atoms with Crippen molar-refractivity contribution in [1.29, 1.82) is 0 Å². The summed E-state index contributed by atoms with van der Waals surface area (Å²) in [6.45, 7) is 18.7. The average Bonchev–Trinajstić information content (AvgIpc) is 3.05. The van der Waals surface area contributed by atoms with Gasteiger partial charge in [0.2, 0.25) is 0 Å². The van der Waals surface area contributed by atoms with Crippen LogP contribution < -0.4 is 0 Å². The quantitative estimate of drug-likeness (QED) is 0.262. The fraction of sp³-hybridized carbons (Fsp3) is 0.947. The van der Waals surface area contributed by atoms with E-state index >= 15 is 0 Å². The van der Waals surface area contributed by atoms with E-state index in [4.69, 9.17) is 37.3 Å². The molecule has 4 saturated heterocycles. The van der Waals surface area contributed by atoms with Gasteiger partial charge in [-0.15, -0.1) is 0 Å². The van der Waals surface area contributed by atoms with Crippen LogP contribution in [0.25, 0.3) is 0 Å². The summed E-state index contributed by atoms with van der Waals surface area (Å²) in [5, 5.41) is 12.0. The van der Waals surface area contributed by atoms with Crippen molar-refractivity contribution in [1.82, 2.24) is 4.90 Å². The Hall–Kier alpha value is -1.59. The topological polar surface area (TPSA) is 166 Å². The monoisotopic (exact) mass is 777 g/mol. The van der Waals surface area contributed by atoms with Crippen molar-refractivity contribution in [2.24, 2.45) is 35.5 Å². The smallest absolute Gasteiger partial charge is 0.459 e. The largest absolute Gasteiger partial charge is 0.508 e. The van der Waals surface area contributed by atoms with Gasteiger partial charge in [-0.2, -0.15) is 8.42 Å². The Bertz CT molecular complexity index is 1330. The zero-order valence-electron chi connectivity index (χ0n) is 34.1. The van der Waals surface area contributed by atoms with Crippen molar-refractivity contribution in [3.05, 3.63) is 0 Å². The van der Waals surface area contributed by atoms with Gasteiger partial charge in [0, 0.05) is 30.7 Å². The SMILES string of the molecule is CCC1OC(=O)C(C)C(O[C@H]2CC(C)[C@@H](OS(C)(=O)=O)C(C)O2)C(C)[C@@H](OC2CC(N(C)C)CC(C)O2)C(C)C[C@@H](C)[C@@H]2OC(=O)O[C@H]([C@H]2C)[C@]1(C)O. The highest BCUT2D eigenvalue weighted by Crippen LogP contribution is 2.42. The lowest BCUT2D eigenvalue weighted by molar-refractivity contribution is -0.277. The molecule has 0 amide bonds. The summed E-state index contributed by atoms with van der Waals surface area (Å²) >= 11 is 0. The van der Waals surface area contributed by atoms with E-state index < -0.39 is 101 Å². The highest BCUT2D eigenvalue weighted by Gasteiger charge is 2.54. The number of nitrogens with zero attached hydrogens (tertiary/aromatic N) is 1. The van der Waals surface area contributed by atoms with E-state index in [0.29, 0.717) is 19.3 Å². The fourth-order valence-electron chi connectivity index (χ4n) is 9.28. The summed E-state index contributed by atoms with van der Waals surface area (Å²) in [6, 6.07) is 0.242. The summed E-state index contributed by atoms with van der Waals surface area (Å²) in [5.41, 5.74) is -1.73. The molecule has 0 saturated carbocycles. The summed E-state index contributed by atoms with van der Waals surface area (Å²) in [4.78, 5) is 29.3. The van der Waals surface area contributed by atoms with Crippen LogP contribution in [-0.4, -0.2) is 124 Å². The normalized spacial score (nSPS) is 46.5. The van der Waals surface area contributed by atoms with Crippen molar-refractivity contribution < 1.29 is 60.5 Å². The first-order valence-electron chi connectivity index (χ1n) is 19.5. The van der Waals surface area contributed by atoms with E-state index in [1.165, 1.54) is 6.92 Å². The lowest BCUT2D eigenvalue weighted by Gasteiger charge is -2.48. The first kappa shape index (κ1) is 44.1. The number of aliphatic hydroxyl groups is 1. The number of fused-ring (bicyclic) bond motifs is 2. The van der Waals surface area contributed by atoms with Crippen LogP contribution in [0.15, 0.2) is 0 Å². The summed E-state index contributed by atoms with van der Waals surface area (Å²) in [5.74, 6) is -2.87. The third-order valence-corrected chi connectivity index (χ3v) is 12.7. The Morgan fingerprint density at radius 1 is 0.792 bits per heavy atom. The highest BCUT2D eigenvalue weighted by atomic mass is 32.2. The zero-order chi connectivity index (χ0) is 39.7. The van der Waals surface area contributed by atoms with Crippen LogP contribution in [0.4, 0.5) is 4.79 Å². The molecule has 53 heavy (non-hydrogen) atoms. The van der Waals surface area contributed by atoms with Gasteiger partial charge < -0.3 is 43.2 Å². The number of ether oxygens (including phenoxy) is 7. The Morgan fingerprint density at radius 2 is 1.40 bits per heavy atom. The van der Waals surface area contributed by atoms with Gasteiger partial charge in [-0.3, -0.25) is 8.98 Å². The molecule has 2 bridgehead atoms. The van der Waals surface area contributed by atoms with E-state index in [2.05, 4.69) is 11.8 Å². The zero-order valence-corrected chi connectivity index (χ0v) is 34.9. The molecule has 0 aromatic heterocycles. The van der Waals surface area contributed by atoms with Gasteiger partial charge in [0.05, 0.1) is 36.6 Å². The van der Waals surface area contributed by atoms with Gasteiger partial charge >= 0.3 is 12.1 Å². The van der Waals surface area contributed by atoms with E-state index in [9.17, 15) is 23.1 Å². The molecule has 18 atom stereocenters. The first-order chi connectivity index (χ1) is 24.5. The number of cyclic esters (lactones) is 1. The first-order valence-corrected chi connectivity index (χ1v) is 21.3. The molecule has 15 heteroatoms. The fourth-order valence-corrected chi connectivity index (χ4v) is 10.0. The van der Waals surface area contributed by atoms with Crippen LogP contribution >= 0.6 is 0 Å². The van der Waals surface area contributed by atoms with Crippen molar-refractivity contribution >= 4 is 22.2 Å². The lowest BCUT2D eigenvalue weighted by atomic mass is 9.74. The van der Waals surface area contributed by atoms with Gasteiger partial charge in [0.25, 0.3) is 10.1 Å². The van der Waals surface area contributed by atoms with Crippen LogP contribution in [0.5, 0.6) is 0 Å². The maximum absolute atomic E-state index is 14.2. The standard InChI is InChI=1S/C38H67NO13S/c1-14-28-38(10,42)35-24(7)32(50-37(41)51-35)20(3)15-19(2)31(48-30-18-27(39(11)12)17-22(5)45-30)23(6)34(25(8)36(40)47-28)49-29-16-21(4)33(26(9)46-29)52-53(13,43)44/h19-35,42H,14-18H2,1-13H3/t19?,20-,21?,22?,23?,24+,25?,26?,27?,28?,29+,30?,31+,32+,33-,34?,35-,38-/m1/s1. The minimum absolute atomic E-state index is 0.0379. The molecule has 0 aliphatic carbocycles. The van der Waals surface area contributed by atoms with Crippen LogP contribution in [0.3, 0.4) is 0 Å². The van der Waals surface area contributed by atoms with Crippen LogP contribution in [0.1, 0.15) is 101 Å². The molecule has 10 unspecified atom stereocenters. The maximum Gasteiger partial charge on any atom is 0.508 e. The van der Waals surface area contributed by atoms with Gasteiger partial charge in [-0.25, -0.2) is 4.79 Å². The van der Waals surface area contributed by atoms with Crippen molar-refractivity contribution in [3.63, 3.8) is 0 Å². The molecule has 308 valence electrons. The molecule has 4 aliphatic heterocycles. The second-order valence-corrected chi connectivity index (χ2v) is 18.6. The molecule has 0 radical (unpaired) electrons. The third kappa shape index (κ3) is 10.6. The average molecular weight is 778 g/mol. The molecule has 0 aromatic rings. The van der Waals surface area contributed by atoms with Crippen molar-refractivity contribution in [3.8, 4) is 0 Å². The van der Waals surface area contributed by atoms with Crippen LogP contribution in [0.2, 0.25) is 0 Å². The Labute approximate surface area is 317 Å². The Morgan fingerprint density at radius 3 is 1.98 bits per heavy atom. The number of hydrogen-bond acceptors (Lipinski definition) is 14. The van der Waals surface area contributed by atoms with Crippen molar-refractivity contribution in [2.45, 2.75) is 174 Å². The second kappa shape index (κ2) is 17.7. The predicted molar refractivity (Wildman–Crippen MR) is 195 cm³/mol. The number of esters is 1. The van der Waals surface area contributed by atoms with E-state index in [0.717, 1.165) is 12.7 Å². The third-order valence-electron chi connectivity index (χ3n) is 12.1. The molecule has 1 N–H and O–H groups in total. The number of carbonyl (C=O) groups excluding carboxylic acids is 2. The molecule has 14 nitrogen and oxygen atoms in total. The molecule has 4 rings (SSSR count). The minimum Gasteiger partial charge on any atom is -0.459 e. The molecular weight excluding hydrogens is 710 g/mol. The lowest BCUT2D eigenvalue weighted by Crippen LogP contribution is -2.61. The number of rotatable bonds is 8. The van der Waals surface area contributed by atoms with E-state index in [1.807, 2.05) is 48.7 Å². The maximum atomic E-state index is 14.2. The van der Waals surface area contributed by atoms with Gasteiger partial charge in [-0.05, 0) is 78.8 Å². The second-order valence-electron chi connectivity index (χ2n) is 17.0. The molecule has 4 heterocycles. The van der Waals surface area contributed by atoms with Crippen LogP contribution in [0, 0.1) is 35.5 Å². The predicted octanol–water partition coefficient (Wildman–Crippen LogP) is 4.89. The van der Waals surface area contributed by atoms with Gasteiger partial charge in [-0.1, -0.05) is 41.5 Å². The summed E-state index contributed by atoms with van der Waals surface area (Å²) in [7, 11) is 0.365. The Kier molecular flexibility index (Phi) is 14.7.